The molecule has 0 aliphatic heterocycles. The molecule has 2 aromatic carbocycles. The Morgan fingerprint density at radius 1 is 0.540 bits per heavy atom. The van der Waals surface area contributed by atoms with Crippen LogP contribution in [0.15, 0.2) is 70.9 Å². The van der Waals surface area contributed by atoms with E-state index in [-0.39, 0.29) is 63.5 Å². The highest BCUT2D eigenvalue weighted by Crippen LogP contribution is 2.20. The first-order valence-corrected chi connectivity index (χ1v) is 31.2. The highest BCUT2D eigenvalue weighted by atomic mass is 16.2. The van der Waals surface area contributed by atoms with Crippen molar-refractivity contribution < 1.29 is 43.2 Å². The van der Waals surface area contributed by atoms with Crippen LogP contribution in [0.4, 0.5) is 0 Å². The summed E-state index contributed by atoms with van der Waals surface area (Å²) in [6.07, 6.45) is 19.8. The number of aromatic amines is 1. The van der Waals surface area contributed by atoms with Gasteiger partial charge >= 0.3 is 0 Å². The Morgan fingerprint density at radius 2 is 1.09 bits per heavy atom. The highest BCUT2D eigenvalue weighted by molar-refractivity contribution is 6.26. The van der Waals surface area contributed by atoms with Gasteiger partial charge in [0.25, 0.3) is 5.91 Å². The van der Waals surface area contributed by atoms with Gasteiger partial charge in [0.1, 0.15) is 49.0 Å². The van der Waals surface area contributed by atoms with Gasteiger partial charge in [0.15, 0.2) is 5.96 Å². The number of fused-ring (bicyclic) bond motifs is 1. The summed E-state index contributed by atoms with van der Waals surface area (Å²) in [4.78, 5) is 128. The number of hydrogen-bond donors (Lipinski definition) is 14. The lowest BCUT2D eigenvalue weighted by Crippen LogP contribution is -2.59. The van der Waals surface area contributed by atoms with E-state index in [0.717, 1.165) is 41.9 Å². The van der Waals surface area contributed by atoms with Crippen LogP contribution >= 0.6 is 0 Å². The van der Waals surface area contributed by atoms with E-state index in [4.69, 9.17) is 22.9 Å². The third kappa shape index (κ3) is 31.2. The van der Waals surface area contributed by atoms with Crippen LogP contribution in [-0.2, 0) is 56.0 Å². The van der Waals surface area contributed by atoms with Gasteiger partial charge in [-0.1, -0.05) is 139 Å². The number of rotatable bonds is 47. The van der Waals surface area contributed by atoms with Crippen LogP contribution in [0.25, 0.3) is 10.9 Å². The summed E-state index contributed by atoms with van der Waals surface area (Å²) < 4.78 is 0. The number of H-pyrrole nitrogens is 1. The number of aliphatic imine (C=N–C) groups is 1. The predicted molar refractivity (Wildman–Crippen MR) is 339 cm³/mol. The molecule has 0 aliphatic rings. The van der Waals surface area contributed by atoms with Crippen molar-refractivity contribution in [2.24, 2.45) is 33.0 Å². The molecule has 3 rings (SSSR count). The van der Waals surface area contributed by atoms with Crippen LogP contribution in [-0.4, -0.2) is 139 Å². The molecule has 25 nitrogen and oxygen atoms in total. The number of nitrogens with zero attached hydrogens (tertiary/aromatic N) is 2. The summed E-state index contributed by atoms with van der Waals surface area (Å²) in [5.74, 6) is -5.70. The first kappa shape index (κ1) is 73.2. The Morgan fingerprint density at radius 3 is 1.75 bits per heavy atom. The van der Waals surface area contributed by atoms with Crippen LogP contribution in [0.5, 0.6) is 0 Å². The van der Waals surface area contributed by atoms with E-state index in [2.05, 4.69) is 70.0 Å². The number of aromatic nitrogens is 1. The van der Waals surface area contributed by atoms with Gasteiger partial charge in [-0.15, -0.1) is 0 Å². The van der Waals surface area contributed by atoms with Crippen molar-refractivity contribution in [3.63, 3.8) is 0 Å². The maximum absolute atomic E-state index is 14.5. The molecular weight excluding hydrogens is 1110 g/mol. The van der Waals surface area contributed by atoms with Gasteiger partial charge in [0.2, 0.25) is 47.3 Å². The molecule has 3 aromatic rings. The highest BCUT2D eigenvalue weighted by Gasteiger charge is 2.33. The third-order valence-corrected chi connectivity index (χ3v) is 14.6. The number of guanidine groups is 1. The number of unbranched alkanes of at least 4 members (excludes halogenated alkanes) is 12. The lowest BCUT2D eigenvalue weighted by molar-refractivity contribution is -0.135. The Labute approximate surface area is 512 Å². The van der Waals surface area contributed by atoms with Crippen LogP contribution < -0.4 is 70.9 Å². The van der Waals surface area contributed by atoms with E-state index in [0.29, 0.717) is 63.7 Å². The summed E-state index contributed by atoms with van der Waals surface area (Å²) in [5.41, 5.74) is 27.4. The molecule has 0 saturated carbocycles. The lowest BCUT2D eigenvalue weighted by Gasteiger charge is -2.27. The topological polar surface area (TPSA) is 406 Å². The van der Waals surface area contributed by atoms with Crippen molar-refractivity contribution in [3.8, 4) is 0 Å². The number of hydrazone groups is 1. The van der Waals surface area contributed by atoms with Crippen LogP contribution in [0.3, 0.4) is 0 Å². The van der Waals surface area contributed by atoms with E-state index in [1.165, 1.54) is 58.3 Å². The molecule has 1 heterocycles. The fourth-order valence-corrected chi connectivity index (χ4v) is 9.59. The molecular formula is C62H100N16O9. The smallest absolute Gasteiger partial charge is 0.264 e. The first-order valence-electron chi connectivity index (χ1n) is 31.2. The monoisotopic (exact) mass is 1210 g/mol. The Hall–Kier alpha value is -8.09. The summed E-state index contributed by atoms with van der Waals surface area (Å²) in [6.45, 7) is 6.31. The average molecular weight is 1210 g/mol. The molecule has 0 aliphatic carbocycles. The number of nitrogens with two attached hydrogens (primary N) is 4. The fourth-order valence-electron chi connectivity index (χ4n) is 9.59. The molecule has 0 spiro atoms. The van der Waals surface area contributed by atoms with Crippen LogP contribution in [0, 0.1) is 0 Å². The normalized spacial score (nSPS) is 13.2. The van der Waals surface area contributed by atoms with Gasteiger partial charge in [-0.2, -0.15) is 5.10 Å². The molecule has 482 valence electrons. The summed E-state index contributed by atoms with van der Waals surface area (Å²) in [7, 11) is 0. The molecule has 18 N–H and O–H groups in total. The molecule has 0 unspecified atom stereocenters. The van der Waals surface area contributed by atoms with Crippen molar-refractivity contribution >= 4 is 76.2 Å². The number of benzene rings is 2. The van der Waals surface area contributed by atoms with Gasteiger partial charge in [0.05, 0.1) is 0 Å². The second-order valence-corrected chi connectivity index (χ2v) is 22.0. The minimum absolute atomic E-state index is 0.00395. The summed E-state index contributed by atoms with van der Waals surface area (Å²) in [6, 6.07) is 9.04. The first-order chi connectivity index (χ1) is 41.9. The number of primary amides is 1. The number of carbonyl (C=O) groups excluding carboxylic acids is 9. The predicted octanol–water partition coefficient (Wildman–Crippen LogP) is 2.64. The zero-order valence-electron chi connectivity index (χ0n) is 51.5. The summed E-state index contributed by atoms with van der Waals surface area (Å²) in [5, 5.41) is 26.5. The standard InChI is InChI=1S/C62H100N16O9/c1-4-6-8-9-10-11-12-13-14-15-19-33-53(79)67-36-25-37-68-54(80)41-71-72-42-55(81)74-48(29-7-5-2)58(84)73-43(3)57(83)75-49(31-22-23-34-63)60(86)78-52(38-44-26-17-16-18-27-44)61(87)76-50(32-24-35-69-62(65)66)59(85)77-51(56(64)82)39-45-40-70-47-30-21-20-28-46(45)47/h16-18,20-21,26-28,30,40-41,43,48-52,70,72H,4-15,19,22-25,29,31-39,42,63H2,1-3H3,(H2,64,82)(H,67,79)(H,68,80)(H,73,84)(H,74,81)(H,75,83)(H,76,87)(H,77,85)(H,78,86)(H4,65,66,69)/b71-41+/t43-,48-,49-,50-,51-,52+/m0/s1. The third-order valence-electron chi connectivity index (χ3n) is 14.6. The van der Waals surface area contributed by atoms with Gasteiger partial charge < -0.3 is 75.9 Å². The molecule has 6 atom stereocenters. The van der Waals surface area contributed by atoms with Crippen LogP contribution in [0.2, 0.25) is 0 Å². The number of carbonyl (C=O) groups is 9. The number of nitrogens with one attached hydrogen (secondary N) is 10. The van der Waals surface area contributed by atoms with Crippen molar-refractivity contribution in [2.75, 3.05) is 32.7 Å². The maximum atomic E-state index is 14.5. The van der Waals surface area contributed by atoms with E-state index < -0.39 is 83.5 Å². The number of amides is 9. The molecule has 9 amide bonds. The van der Waals surface area contributed by atoms with Crippen molar-refractivity contribution in [1.82, 2.24) is 52.9 Å². The zero-order chi connectivity index (χ0) is 63.6. The Balaban J connectivity index is 1.58. The molecule has 1 aromatic heterocycles. The van der Waals surface area contributed by atoms with Crippen molar-refractivity contribution in [3.05, 3.63) is 71.9 Å². The van der Waals surface area contributed by atoms with Gasteiger partial charge in [-0.3, -0.25) is 48.1 Å². The molecule has 0 bridgehead atoms. The van der Waals surface area contributed by atoms with E-state index >= 15 is 0 Å². The largest absolute Gasteiger partial charge is 0.370 e. The summed E-state index contributed by atoms with van der Waals surface area (Å²) >= 11 is 0. The Kier molecular flexibility index (Phi) is 36.6. The molecule has 0 saturated heterocycles. The second-order valence-electron chi connectivity index (χ2n) is 22.0. The lowest BCUT2D eigenvalue weighted by atomic mass is 10.0. The quantitative estimate of drug-likeness (QED) is 0.0168. The maximum Gasteiger partial charge on any atom is 0.264 e. The Bertz CT molecular complexity index is 2630. The van der Waals surface area contributed by atoms with Gasteiger partial charge in [-0.05, 0) is 82.0 Å². The molecule has 87 heavy (non-hydrogen) atoms. The van der Waals surface area contributed by atoms with E-state index in [1.807, 2.05) is 31.2 Å². The van der Waals surface area contributed by atoms with Gasteiger partial charge in [0, 0.05) is 56.0 Å². The number of para-hydroxylation sites is 1. The minimum Gasteiger partial charge on any atom is -0.370 e. The fraction of sp³-hybridized carbons (Fsp3) is 0.597. The average Bonchev–Trinajstić information content (AvgIpc) is 3.18. The number of hydrogen-bond acceptors (Lipinski definition) is 13. The van der Waals surface area contributed by atoms with Crippen LogP contribution in [0.1, 0.15) is 167 Å². The molecule has 0 fully saturated rings. The van der Waals surface area contributed by atoms with Crippen molar-refractivity contribution in [1.29, 1.82) is 0 Å². The SMILES string of the molecule is CCCCCCCCCCCCCC(=O)NCCCNC(=O)/C=N/NCC(=O)N[C@@H](CCCC)C(=O)N[C@@H](C)C(=O)N[C@@H](CCCCN)C(=O)N[C@H](Cc1ccccc1)C(=O)N[C@@H](CCCN=C(N)N)C(=O)N[C@@H](Cc1c[nH]c2ccccc12)C(N)=O. The zero-order valence-corrected chi connectivity index (χ0v) is 51.5. The molecule has 25 heteroatoms. The van der Waals surface area contributed by atoms with E-state index in [9.17, 15) is 43.2 Å². The molecule has 0 radical (unpaired) electrons. The second kappa shape index (κ2) is 43.5. The van der Waals surface area contributed by atoms with Crippen molar-refractivity contribution in [2.45, 2.75) is 205 Å². The minimum atomic E-state index is -1.30. The van der Waals surface area contributed by atoms with Gasteiger partial charge in [-0.25, -0.2) is 0 Å². The van der Waals surface area contributed by atoms with E-state index in [1.54, 1.807) is 36.5 Å².